The Morgan fingerprint density at radius 3 is 2.87 bits per heavy atom. The van der Waals surface area contributed by atoms with Crippen molar-refractivity contribution in [2.24, 2.45) is 0 Å². The first kappa shape index (κ1) is 11.2. The molecule has 0 aromatic heterocycles. The highest BCUT2D eigenvalue weighted by molar-refractivity contribution is 6.22. The van der Waals surface area contributed by atoms with Crippen molar-refractivity contribution in [2.45, 2.75) is 43.3 Å². The van der Waals surface area contributed by atoms with E-state index in [1.807, 2.05) is 19.2 Å². The summed E-state index contributed by atoms with van der Waals surface area (Å²) in [4.78, 5) is 2.07. The highest BCUT2D eigenvalue weighted by Gasteiger charge is 2.30. The fraction of sp³-hybridized carbons (Fsp3) is 0.667. The minimum absolute atomic E-state index is 0.132. The normalized spacial score (nSPS) is 28.0. The number of allylic oxidation sites excluding steroid dienone is 3. The van der Waals surface area contributed by atoms with Gasteiger partial charge in [0.05, 0.1) is 5.38 Å². The number of rotatable bonds is 4. The molecule has 2 nitrogen and oxygen atoms in total. The van der Waals surface area contributed by atoms with Gasteiger partial charge in [0.1, 0.15) is 6.23 Å². The summed E-state index contributed by atoms with van der Waals surface area (Å²) in [6, 6.07) is 0.606. The molecule has 0 aliphatic heterocycles. The average molecular weight is 228 g/mol. The van der Waals surface area contributed by atoms with Crippen LogP contribution < -0.4 is 0 Å². The molecule has 15 heavy (non-hydrogen) atoms. The number of aliphatic hydroxyl groups is 1. The number of hydrogen-bond donors (Lipinski definition) is 1. The molecule has 84 valence electrons. The summed E-state index contributed by atoms with van der Waals surface area (Å²) in [5.74, 6) is 0. The van der Waals surface area contributed by atoms with Crippen LogP contribution in [0.15, 0.2) is 23.8 Å². The van der Waals surface area contributed by atoms with Gasteiger partial charge in [0, 0.05) is 12.5 Å². The number of aliphatic hydroxyl groups excluding tert-OH is 1. The van der Waals surface area contributed by atoms with Crippen LogP contribution in [0, 0.1) is 0 Å². The van der Waals surface area contributed by atoms with Crippen molar-refractivity contribution < 1.29 is 5.11 Å². The van der Waals surface area contributed by atoms with Gasteiger partial charge >= 0.3 is 0 Å². The maximum atomic E-state index is 9.96. The molecule has 0 radical (unpaired) electrons. The van der Waals surface area contributed by atoms with Crippen LogP contribution in [-0.4, -0.2) is 34.7 Å². The van der Waals surface area contributed by atoms with E-state index in [4.69, 9.17) is 11.6 Å². The van der Waals surface area contributed by atoms with Crippen LogP contribution in [0.5, 0.6) is 0 Å². The molecule has 3 heteroatoms. The van der Waals surface area contributed by atoms with Crippen LogP contribution in [0.4, 0.5) is 0 Å². The summed E-state index contributed by atoms with van der Waals surface area (Å²) in [5.41, 5.74) is 1.20. The fourth-order valence-corrected chi connectivity index (χ4v) is 2.03. The molecule has 0 amide bonds. The van der Waals surface area contributed by atoms with Crippen LogP contribution in [0.3, 0.4) is 0 Å². The molecule has 2 aliphatic carbocycles. The lowest BCUT2D eigenvalue weighted by atomic mass is 10.0. The second kappa shape index (κ2) is 4.69. The maximum Gasteiger partial charge on any atom is 0.111 e. The van der Waals surface area contributed by atoms with Crippen LogP contribution >= 0.6 is 11.6 Å². The van der Waals surface area contributed by atoms with Crippen molar-refractivity contribution >= 4 is 11.6 Å². The average Bonchev–Trinajstić information content (AvgIpc) is 3.04. The predicted octanol–water partition coefficient (Wildman–Crippen LogP) is 2.28. The van der Waals surface area contributed by atoms with Crippen molar-refractivity contribution in [2.75, 3.05) is 7.05 Å². The van der Waals surface area contributed by atoms with E-state index in [0.29, 0.717) is 12.5 Å². The third kappa shape index (κ3) is 3.07. The van der Waals surface area contributed by atoms with Gasteiger partial charge in [0.25, 0.3) is 0 Å². The first-order valence-corrected chi connectivity index (χ1v) is 6.02. The molecule has 2 unspecified atom stereocenters. The molecule has 1 saturated carbocycles. The molecule has 2 aliphatic rings. The van der Waals surface area contributed by atoms with Gasteiger partial charge in [-0.15, -0.1) is 11.6 Å². The summed E-state index contributed by atoms with van der Waals surface area (Å²) in [6.45, 7) is 0. The molecule has 2 rings (SSSR count). The minimum atomic E-state index is -0.347. The van der Waals surface area contributed by atoms with Gasteiger partial charge in [0.15, 0.2) is 0 Å². The summed E-state index contributed by atoms with van der Waals surface area (Å²) in [5, 5.41) is 10.1. The Labute approximate surface area is 96.2 Å². The molecular weight excluding hydrogens is 210 g/mol. The zero-order chi connectivity index (χ0) is 10.8. The fourth-order valence-electron chi connectivity index (χ4n) is 1.87. The van der Waals surface area contributed by atoms with Crippen molar-refractivity contribution in [3.05, 3.63) is 23.8 Å². The van der Waals surface area contributed by atoms with Gasteiger partial charge in [-0.25, -0.2) is 0 Å². The standard InChI is InChI=1S/C12H18ClNO/c1-14(11-6-7-11)12(15)8-9-2-4-10(13)5-3-9/h2-4,10-12,15H,5-8H2,1H3. The number of nitrogens with zero attached hydrogens (tertiary/aromatic N) is 1. The zero-order valence-electron chi connectivity index (χ0n) is 9.06. The smallest absolute Gasteiger partial charge is 0.111 e. The van der Waals surface area contributed by atoms with Crippen LogP contribution in [0.1, 0.15) is 25.7 Å². The molecule has 2 atom stereocenters. The van der Waals surface area contributed by atoms with Crippen molar-refractivity contribution in [1.82, 2.24) is 4.90 Å². The molecular formula is C12H18ClNO. The zero-order valence-corrected chi connectivity index (χ0v) is 9.82. The molecule has 0 spiro atoms. The molecule has 1 fully saturated rings. The highest BCUT2D eigenvalue weighted by atomic mass is 35.5. The Morgan fingerprint density at radius 2 is 2.33 bits per heavy atom. The molecule has 0 aromatic carbocycles. The van der Waals surface area contributed by atoms with Gasteiger partial charge in [-0.2, -0.15) is 0 Å². The minimum Gasteiger partial charge on any atom is -0.378 e. The van der Waals surface area contributed by atoms with E-state index in [9.17, 15) is 5.11 Å². The van der Waals surface area contributed by atoms with Gasteiger partial charge < -0.3 is 5.11 Å². The van der Waals surface area contributed by atoms with Crippen molar-refractivity contribution in [1.29, 1.82) is 0 Å². The maximum absolute atomic E-state index is 9.96. The lowest BCUT2D eigenvalue weighted by Crippen LogP contribution is -2.33. The predicted molar refractivity (Wildman–Crippen MR) is 62.9 cm³/mol. The van der Waals surface area contributed by atoms with Gasteiger partial charge in [-0.1, -0.05) is 18.2 Å². The summed E-state index contributed by atoms with van der Waals surface area (Å²) in [6.07, 6.45) is 9.87. The largest absolute Gasteiger partial charge is 0.378 e. The van der Waals surface area contributed by atoms with E-state index >= 15 is 0 Å². The van der Waals surface area contributed by atoms with Gasteiger partial charge in [-0.05, 0) is 31.9 Å². The van der Waals surface area contributed by atoms with Gasteiger partial charge in [0.2, 0.25) is 0 Å². The SMILES string of the molecule is CN(C(O)CC1=CCC(Cl)C=C1)C1CC1. The number of halogens is 1. The van der Waals surface area contributed by atoms with Crippen molar-refractivity contribution in [3.63, 3.8) is 0 Å². The number of alkyl halides is 1. The quantitative estimate of drug-likeness (QED) is 0.589. The van der Waals surface area contributed by atoms with Crippen LogP contribution in [-0.2, 0) is 0 Å². The van der Waals surface area contributed by atoms with E-state index in [0.717, 1.165) is 6.42 Å². The summed E-state index contributed by atoms with van der Waals surface area (Å²) >= 11 is 5.94. The molecule has 0 saturated heterocycles. The molecule has 0 heterocycles. The van der Waals surface area contributed by atoms with E-state index in [-0.39, 0.29) is 11.6 Å². The Bertz CT molecular complexity index is 283. The highest BCUT2D eigenvalue weighted by Crippen LogP contribution is 2.28. The van der Waals surface area contributed by atoms with Crippen LogP contribution in [0.2, 0.25) is 0 Å². The van der Waals surface area contributed by atoms with E-state index in [1.54, 1.807) is 0 Å². The molecule has 0 bridgehead atoms. The Balaban J connectivity index is 1.83. The van der Waals surface area contributed by atoms with Crippen molar-refractivity contribution in [3.8, 4) is 0 Å². The van der Waals surface area contributed by atoms with E-state index < -0.39 is 0 Å². The first-order valence-electron chi connectivity index (χ1n) is 5.58. The molecule has 1 N–H and O–H groups in total. The van der Waals surface area contributed by atoms with E-state index in [2.05, 4.69) is 11.0 Å². The van der Waals surface area contributed by atoms with Gasteiger partial charge in [-0.3, -0.25) is 4.90 Å². The first-order chi connectivity index (χ1) is 7.16. The Morgan fingerprint density at radius 1 is 1.60 bits per heavy atom. The Kier molecular flexibility index (Phi) is 3.49. The second-order valence-corrected chi connectivity index (χ2v) is 5.03. The lowest BCUT2D eigenvalue weighted by molar-refractivity contribution is 0.0180. The Hall–Kier alpha value is -0.310. The summed E-state index contributed by atoms with van der Waals surface area (Å²) < 4.78 is 0. The third-order valence-corrected chi connectivity index (χ3v) is 3.46. The third-order valence-electron chi connectivity index (χ3n) is 3.14. The molecule has 0 aromatic rings. The monoisotopic (exact) mass is 227 g/mol. The summed E-state index contributed by atoms with van der Waals surface area (Å²) in [7, 11) is 2.00. The second-order valence-electron chi connectivity index (χ2n) is 4.47. The topological polar surface area (TPSA) is 23.5 Å². The van der Waals surface area contributed by atoms with E-state index in [1.165, 1.54) is 18.4 Å². The number of hydrogen-bond acceptors (Lipinski definition) is 2. The van der Waals surface area contributed by atoms with Crippen LogP contribution in [0.25, 0.3) is 0 Å². The lowest BCUT2D eigenvalue weighted by Gasteiger charge is -2.24.